The third-order valence-electron chi connectivity index (χ3n) is 3.99. The van der Waals surface area contributed by atoms with E-state index in [1.165, 1.54) is 6.07 Å². The number of piperazine rings is 1. The van der Waals surface area contributed by atoms with Gasteiger partial charge in [-0.2, -0.15) is 0 Å². The lowest BCUT2D eigenvalue weighted by molar-refractivity contribution is 0.0729. The van der Waals surface area contributed by atoms with Gasteiger partial charge in [-0.1, -0.05) is 17.7 Å². The molecule has 106 valence electrons. The first-order valence-corrected chi connectivity index (χ1v) is 7.00. The molecule has 19 heavy (non-hydrogen) atoms. The molecule has 1 heterocycles. The van der Waals surface area contributed by atoms with Crippen LogP contribution in [0.4, 0.5) is 4.39 Å². The van der Waals surface area contributed by atoms with Crippen LogP contribution in [-0.2, 0) is 0 Å². The standard InChI is InChI=1S/C14H21ClFN3/c1-10-9-19(7-6-18(10)2)13(8-17)14-11(15)4-3-5-12(14)16/h3-5,10,13H,6-9,17H2,1-2H3. The van der Waals surface area contributed by atoms with Crippen LogP contribution in [0, 0.1) is 5.82 Å². The van der Waals surface area contributed by atoms with Crippen molar-refractivity contribution in [3.05, 3.63) is 34.6 Å². The number of likely N-dealkylation sites (N-methyl/N-ethyl adjacent to an activating group) is 1. The molecule has 2 atom stereocenters. The van der Waals surface area contributed by atoms with Crippen molar-refractivity contribution in [2.75, 3.05) is 33.2 Å². The average Bonchev–Trinajstić information content (AvgIpc) is 2.37. The zero-order valence-corrected chi connectivity index (χ0v) is 12.2. The molecule has 5 heteroatoms. The molecule has 2 N–H and O–H groups in total. The topological polar surface area (TPSA) is 32.5 Å². The molecule has 1 aliphatic rings. The van der Waals surface area contributed by atoms with Crippen molar-refractivity contribution in [2.45, 2.75) is 19.0 Å². The van der Waals surface area contributed by atoms with E-state index in [2.05, 4.69) is 23.8 Å². The van der Waals surface area contributed by atoms with E-state index in [0.717, 1.165) is 19.6 Å². The van der Waals surface area contributed by atoms with Gasteiger partial charge in [0.1, 0.15) is 5.82 Å². The number of nitrogens with zero attached hydrogens (tertiary/aromatic N) is 2. The molecule has 1 aliphatic heterocycles. The number of hydrogen-bond donors (Lipinski definition) is 1. The predicted octanol–water partition coefficient (Wildman–Crippen LogP) is 2.11. The molecule has 1 fully saturated rings. The lowest BCUT2D eigenvalue weighted by atomic mass is 10.0. The van der Waals surface area contributed by atoms with E-state index < -0.39 is 0 Å². The molecule has 0 radical (unpaired) electrons. The Kier molecular flexibility index (Phi) is 4.79. The molecule has 0 bridgehead atoms. The summed E-state index contributed by atoms with van der Waals surface area (Å²) in [7, 11) is 2.11. The van der Waals surface area contributed by atoms with Crippen molar-refractivity contribution in [1.29, 1.82) is 0 Å². The van der Waals surface area contributed by atoms with Crippen molar-refractivity contribution in [1.82, 2.24) is 9.80 Å². The van der Waals surface area contributed by atoms with Crippen LogP contribution in [0.1, 0.15) is 18.5 Å². The Hall–Kier alpha value is -0.680. The molecule has 0 amide bonds. The van der Waals surface area contributed by atoms with Crippen molar-refractivity contribution in [3.8, 4) is 0 Å². The third-order valence-corrected chi connectivity index (χ3v) is 4.32. The van der Waals surface area contributed by atoms with Gasteiger partial charge in [-0.15, -0.1) is 0 Å². The van der Waals surface area contributed by atoms with Gasteiger partial charge in [0.15, 0.2) is 0 Å². The summed E-state index contributed by atoms with van der Waals surface area (Å²) in [6.07, 6.45) is 0. The minimum Gasteiger partial charge on any atom is -0.329 e. The lowest BCUT2D eigenvalue weighted by Gasteiger charge is -2.41. The molecule has 2 unspecified atom stereocenters. The summed E-state index contributed by atoms with van der Waals surface area (Å²) in [6.45, 7) is 5.26. The van der Waals surface area contributed by atoms with Gasteiger partial charge in [-0.25, -0.2) is 4.39 Å². The number of hydrogen-bond acceptors (Lipinski definition) is 3. The van der Waals surface area contributed by atoms with Gasteiger partial charge in [0.25, 0.3) is 0 Å². The van der Waals surface area contributed by atoms with Crippen LogP contribution < -0.4 is 5.73 Å². The summed E-state index contributed by atoms with van der Waals surface area (Å²) >= 11 is 6.15. The lowest BCUT2D eigenvalue weighted by Crippen LogP contribution is -2.52. The molecule has 0 saturated carbocycles. The van der Waals surface area contributed by atoms with E-state index >= 15 is 0 Å². The summed E-state index contributed by atoms with van der Waals surface area (Å²) < 4.78 is 14.0. The van der Waals surface area contributed by atoms with Gasteiger partial charge in [-0.3, -0.25) is 4.90 Å². The highest BCUT2D eigenvalue weighted by Gasteiger charge is 2.29. The summed E-state index contributed by atoms with van der Waals surface area (Å²) in [5.41, 5.74) is 6.40. The minimum absolute atomic E-state index is 0.148. The van der Waals surface area contributed by atoms with Crippen LogP contribution in [0.2, 0.25) is 5.02 Å². The number of halogens is 2. The monoisotopic (exact) mass is 285 g/mol. The third kappa shape index (κ3) is 3.08. The quantitative estimate of drug-likeness (QED) is 0.923. The van der Waals surface area contributed by atoms with Crippen LogP contribution in [0.15, 0.2) is 18.2 Å². The predicted molar refractivity (Wildman–Crippen MR) is 76.9 cm³/mol. The maximum Gasteiger partial charge on any atom is 0.129 e. The van der Waals surface area contributed by atoms with Crippen molar-refractivity contribution in [2.24, 2.45) is 5.73 Å². The minimum atomic E-state index is -0.269. The molecule has 1 saturated heterocycles. The van der Waals surface area contributed by atoms with Gasteiger partial charge in [-0.05, 0) is 26.1 Å². The summed E-state index contributed by atoms with van der Waals surface area (Å²) in [4.78, 5) is 4.53. The second-order valence-corrected chi connectivity index (χ2v) is 5.62. The fourth-order valence-electron chi connectivity index (χ4n) is 2.64. The van der Waals surface area contributed by atoms with E-state index in [-0.39, 0.29) is 11.9 Å². The van der Waals surface area contributed by atoms with Crippen LogP contribution in [0.3, 0.4) is 0 Å². The first kappa shape index (κ1) is 14.7. The van der Waals surface area contributed by atoms with Gasteiger partial charge in [0.2, 0.25) is 0 Å². The average molecular weight is 286 g/mol. The molecular formula is C14H21ClFN3. The molecule has 2 rings (SSSR count). The summed E-state index contributed by atoms with van der Waals surface area (Å²) in [5, 5.41) is 0.460. The number of rotatable bonds is 3. The van der Waals surface area contributed by atoms with E-state index in [9.17, 15) is 4.39 Å². The number of benzene rings is 1. The Labute approximate surface area is 119 Å². The maximum absolute atomic E-state index is 14.0. The van der Waals surface area contributed by atoms with Gasteiger partial charge >= 0.3 is 0 Å². The first-order valence-electron chi connectivity index (χ1n) is 6.63. The zero-order chi connectivity index (χ0) is 14.0. The second kappa shape index (κ2) is 6.18. The Morgan fingerprint density at radius 2 is 2.21 bits per heavy atom. The van der Waals surface area contributed by atoms with Crippen LogP contribution in [0.5, 0.6) is 0 Å². The first-order chi connectivity index (χ1) is 9.04. The maximum atomic E-state index is 14.0. The highest BCUT2D eigenvalue weighted by Crippen LogP contribution is 2.30. The Bertz CT molecular complexity index is 420. The molecule has 1 aromatic carbocycles. The van der Waals surface area contributed by atoms with Crippen molar-refractivity contribution >= 4 is 11.6 Å². The van der Waals surface area contributed by atoms with Crippen molar-refractivity contribution in [3.63, 3.8) is 0 Å². The molecule has 3 nitrogen and oxygen atoms in total. The molecule has 0 aromatic heterocycles. The fraction of sp³-hybridized carbons (Fsp3) is 0.571. The van der Waals surface area contributed by atoms with Crippen molar-refractivity contribution < 1.29 is 4.39 Å². The van der Waals surface area contributed by atoms with Crippen LogP contribution in [0.25, 0.3) is 0 Å². The Morgan fingerprint density at radius 1 is 1.47 bits per heavy atom. The normalized spacial score (nSPS) is 23.5. The largest absolute Gasteiger partial charge is 0.329 e. The fourth-order valence-corrected chi connectivity index (χ4v) is 2.93. The molecule has 0 spiro atoms. The summed E-state index contributed by atoms with van der Waals surface area (Å²) in [6, 6.07) is 5.09. The SMILES string of the molecule is CC1CN(C(CN)c2c(F)cccc2Cl)CCN1C. The van der Waals surface area contributed by atoms with Gasteiger partial charge in [0.05, 0.1) is 6.04 Å². The molecular weight excluding hydrogens is 265 g/mol. The molecule has 0 aliphatic carbocycles. The van der Waals surface area contributed by atoms with Crippen LogP contribution in [-0.4, -0.2) is 49.1 Å². The Balaban J connectivity index is 2.25. The smallest absolute Gasteiger partial charge is 0.129 e. The van der Waals surface area contributed by atoms with E-state index in [4.69, 9.17) is 17.3 Å². The van der Waals surface area contributed by atoms with E-state index in [1.54, 1.807) is 12.1 Å². The van der Waals surface area contributed by atoms with Gasteiger partial charge in [0, 0.05) is 42.8 Å². The zero-order valence-electron chi connectivity index (χ0n) is 11.4. The van der Waals surface area contributed by atoms with E-state index in [0.29, 0.717) is 23.2 Å². The molecule has 1 aromatic rings. The highest BCUT2D eigenvalue weighted by atomic mass is 35.5. The highest BCUT2D eigenvalue weighted by molar-refractivity contribution is 6.31. The Morgan fingerprint density at radius 3 is 2.79 bits per heavy atom. The number of nitrogens with two attached hydrogens (primary N) is 1. The van der Waals surface area contributed by atoms with E-state index in [1.807, 2.05) is 0 Å². The van der Waals surface area contributed by atoms with Gasteiger partial charge < -0.3 is 10.6 Å². The summed E-state index contributed by atoms with van der Waals surface area (Å²) in [5.74, 6) is -0.269. The van der Waals surface area contributed by atoms with Crippen LogP contribution >= 0.6 is 11.6 Å². The second-order valence-electron chi connectivity index (χ2n) is 5.21.